The van der Waals surface area contributed by atoms with Crippen LogP contribution < -0.4 is 11.1 Å². The summed E-state index contributed by atoms with van der Waals surface area (Å²) in [6.45, 7) is 1.46. The van der Waals surface area contributed by atoms with E-state index in [1.807, 2.05) is 0 Å². The lowest BCUT2D eigenvalue weighted by Gasteiger charge is -2.14. The topological polar surface area (TPSA) is 81.4 Å². The van der Waals surface area contributed by atoms with Gasteiger partial charge in [0.15, 0.2) is 6.10 Å². The number of halogens is 2. The number of hydrogen-bond donors (Lipinski definition) is 2. The first-order chi connectivity index (χ1) is 10.9. The van der Waals surface area contributed by atoms with E-state index in [1.165, 1.54) is 19.1 Å². The molecule has 23 heavy (non-hydrogen) atoms. The molecule has 5 nitrogen and oxygen atoms in total. The van der Waals surface area contributed by atoms with Gasteiger partial charge in [-0.3, -0.25) is 4.79 Å². The molecule has 0 saturated carbocycles. The number of benzene rings is 2. The maximum absolute atomic E-state index is 12.1. The minimum absolute atomic E-state index is 0.269. The summed E-state index contributed by atoms with van der Waals surface area (Å²) in [4.78, 5) is 24.1. The number of carbonyl (C=O) groups is 2. The molecule has 0 spiro atoms. The minimum atomic E-state index is -1.01. The monoisotopic (exact) mass is 352 g/mol. The predicted molar refractivity (Wildman–Crippen MR) is 90.8 cm³/mol. The smallest absolute Gasteiger partial charge is 0.338 e. The Kier molecular flexibility index (Phi) is 5.47. The molecule has 2 rings (SSSR count). The third kappa shape index (κ3) is 4.61. The molecule has 0 aliphatic carbocycles. The molecule has 0 radical (unpaired) electrons. The molecular formula is C16H14Cl2N2O3. The molecule has 0 aliphatic rings. The Hall–Kier alpha value is -2.24. The molecule has 0 bridgehead atoms. The van der Waals surface area contributed by atoms with Crippen LogP contribution in [0, 0.1) is 0 Å². The highest BCUT2D eigenvalue weighted by Gasteiger charge is 2.20. The number of rotatable bonds is 4. The van der Waals surface area contributed by atoms with E-state index in [4.69, 9.17) is 33.7 Å². The van der Waals surface area contributed by atoms with Gasteiger partial charge in [0.1, 0.15) is 0 Å². The molecule has 0 fully saturated rings. The van der Waals surface area contributed by atoms with E-state index < -0.39 is 18.0 Å². The van der Waals surface area contributed by atoms with Gasteiger partial charge >= 0.3 is 5.97 Å². The van der Waals surface area contributed by atoms with E-state index in [9.17, 15) is 9.59 Å². The first-order valence-corrected chi connectivity index (χ1v) is 7.45. The number of amides is 1. The molecule has 120 valence electrons. The largest absolute Gasteiger partial charge is 0.449 e. The molecule has 2 aromatic carbocycles. The fraction of sp³-hybridized carbons (Fsp3) is 0.125. The van der Waals surface area contributed by atoms with Crippen LogP contribution in [0.4, 0.5) is 11.4 Å². The van der Waals surface area contributed by atoms with Gasteiger partial charge in [-0.25, -0.2) is 4.79 Å². The van der Waals surface area contributed by atoms with Crippen molar-refractivity contribution >= 4 is 46.5 Å². The van der Waals surface area contributed by atoms with Crippen LogP contribution in [-0.2, 0) is 9.53 Å². The van der Waals surface area contributed by atoms with Crippen molar-refractivity contribution in [3.8, 4) is 0 Å². The van der Waals surface area contributed by atoms with Crippen molar-refractivity contribution in [3.63, 3.8) is 0 Å². The van der Waals surface area contributed by atoms with Crippen molar-refractivity contribution in [3.05, 3.63) is 58.1 Å². The zero-order valence-corrected chi connectivity index (χ0v) is 13.7. The van der Waals surface area contributed by atoms with Gasteiger partial charge in [-0.1, -0.05) is 29.3 Å². The number of nitrogens with two attached hydrogens (primary N) is 1. The van der Waals surface area contributed by atoms with Crippen molar-refractivity contribution in [2.24, 2.45) is 0 Å². The molecule has 0 aromatic heterocycles. The molecule has 1 unspecified atom stereocenters. The summed E-state index contributed by atoms with van der Waals surface area (Å²) in [6, 6.07) is 11.0. The van der Waals surface area contributed by atoms with Crippen LogP contribution in [0.5, 0.6) is 0 Å². The van der Waals surface area contributed by atoms with Crippen LogP contribution >= 0.6 is 23.2 Å². The van der Waals surface area contributed by atoms with Gasteiger partial charge in [-0.15, -0.1) is 0 Å². The number of nitrogens with one attached hydrogen (secondary N) is 1. The zero-order valence-electron chi connectivity index (χ0n) is 12.2. The average Bonchev–Trinajstić information content (AvgIpc) is 2.50. The summed E-state index contributed by atoms with van der Waals surface area (Å²) in [7, 11) is 0. The molecule has 1 amide bonds. The third-order valence-corrected chi connectivity index (χ3v) is 3.53. The van der Waals surface area contributed by atoms with E-state index in [2.05, 4.69) is 5.32 Å². The average molecular weight is 353 g/mol. The zero-order chi connectivity index (χ0) is 17.0. The third-order valence-electron chi connectivity index (χ3n) is 2.96. The van der Waals surface area contributed by atoms with Crippen LogP contribution in [0.15, 0.2) is 42.5 Å². The number of carbonyl (C=O) groups excluding carboxylic acids is 2. The Balaban J connectivity index is 2.02. The van der Waals surface area contributed by atoms with Gasteiger partial charge in [0.25, 0.3) is 5.91 Å². The Morgan fingerprint density at radius 2 is 1.91 bits per heavy atom. The second-order valence-electron chi connectivity index (χ2n) is 4.79. The van der Waals surface area contributed by atoms with E-state index in [0.717, 1.165) is 0 Å². The van der Waals surface area contributed by atoms with Crippen LogP contribution in [-0.4, -0.2) is 18.0 Å². The summed E-state index contributed by atoms with van der Waals surface area (Å²) < 4.78 is 5.11. The summed E-state index contributed by atoms with van der Waals surface area (Å²) in [5, 5.41) is 3.32. The SMILES string of the molecule is CC(OC(=O)c1cccc(N)c1)C(=O)Nc1cc(Cl)ccc1Cl. The summed E-state index contributed by atoms with van der Waals surface area (Å²) in [5.74, 6) is -1.16. The fourth-order valence-corrected chi connectivity index (χ4v) is 2.11. The number of hydrogen-bond acceptors (Lipinski definition) is 4. The van der Waals surface area contributed by atoms with Crippen molar-refractivity contribution < 1.29 is 14.3 Å². The molecule has 3 N–H and O–H groups in total. The maximum atomic E-state index is 12.1. The van der Waals surface area contributed by atoms with Crippen molar-refractivity contribution in [1.29, 1.82) is 0 Å². The molecule has 0 saturated heterocycles. The Bertz CT molecular complexity index is 750. The number of esters is 1. The van der Waals surface area contributed by atoms with Crippen LogP contribution in [0.3, 0.4) is 0 Å². The van der Waals surface area contributed by atoms with Gasteiger partial charge in [0.05, 0.1) is 16.3 Å². The van der Waals surface area contributed by atoms with E-state index in [-0.39, 0.29) is 5.56 Å². The van der Waals surface area contributed by atoms with Gasteiger partial charge in [0.2, 0.25) is 0 Å². The van der Waals surface area contributed by atoms with Crippen LogP contribution in [0.1, 0.15) is 17.3 Å². The Morgan fingerprint density at radius 3 is 2.61 bits per heavy atom. The van der Waals surface area contributed by atoms with Gasteiger partial charge < -0.3 is 15.8 Å². The van der Waals surface area contributed by atoms with Crippen molar-refractivity contribution in [1.82, 2.24) is 0 Å². The van der Waals surface area contributed by atoms with Crippen molar-refractivity contribution in [2.75, 3.05) is 11.1 Å². The standard InChI is InChI=1S/C16H14Cl2N2O3/c1-9(23-16(22)10-3-2-4-12(19)7-10)15(21)20-14-8-11(17)5-6-13(14)18/h2-9H,19H2,1H3,(H,20,21). The van der Waals surface area contributed by atoms with Gasteiger partial charge in [-0.05, 0) is 43.3 Å². The van der Waals surface area contributed by atoms with E-state index in [1.54, 1.807) is 30.3 Å². The molecular weight excluding hydrogens is 339 g/mol. The van der Waals surface area contributed by atoms with E-state index >= 15 is 0 Å². The Labute approximate surface area is 143 Å². The second-order valence-corrected chi connectivity index (χ2v) is 5.63. The molecule has 2 aromatic rings. The Morgan fingerprint density at radius 1 is 1.17 bits per heavy atom. The second kappa shape index (κ2) is 7.35. The first kappa shape index (κ1) is 17.1. The maximum Gasteiger partial charge on any atom is 0.338 e. The molecule has 0 heterocycles. The highest BCUT2D eigenvalue weighted by Crippen LogP contribution is 2.25. The summed E-state index contributed by atoms with van der Waals surface area (Å²) in [5.41, 5.74) is 6.65. The number of ether oxygens (including phenoxy) is 1. The molecule has 7 heteroatoms. The lowest BCUT2D eigenvalue weighted by Crippen LogP contribution is -2.30. The van der Waals surface area contributed by atoms with Gasteiger partial charge in [0, 0.05) is 10.7 Å². The number of anilines is 2. The first-order valence-electron chi connectivity index (χ1n) is 6.69. The summed E-state index contributed by atoms with van der Waals surface area (Å²) >= 11 is 11.8. The summed E-state index contributed by atoms with van der Waals surface area (Å²) in [6.07, 6.45) is -1.01. The fourth-order valence-electron chi connectivity index (χ4n) is 1.78. The van der Waals surface area contributed by atoms with E-state index in [0.29, 0.717) is 21.4 Å². The number of nitrogen functional groups attached to an aromatic ring is 1. The normalized spacial score (nSPS) is 11.6. The highest BCUT2D eigenvalue weighted by atomic mass is 35.5. The quantitative estimate of drug-likeness (QED) is 0.648. The van der Waals surface area contributed by atoms with Crippen LogP contribution in [0.25, 0.3) is 0 Å². The highest BCUT2D eigenvalue weighted by molar-refractivity contribution is 6.35. The lowest BCUT2D eigenvalue weighted by molar-refractivity contribution is -0.123. The van der Waals surface area contributed by atoms with Crippen molar-refractivity contribution in [2.45, 2.75) is 13.0 Å². The lowest BCUT2D eigenvalue weighted by atomic mass is 10.2. The minimum Gasteiger partial charge on any atom is -0.449 e. The van der Waals surface area contributed by atoms with Gasteiger partial charge in [-0.2, -0.15) is 0 Å². The predicted octanol–water partition coefficient (Wildman–Crippen LogP) is 3.76. The molecule has 1 atom stereocenters. The van der Waals surface area contributed by atoms with Crippen LogP contribution in [0.2, 0.25) is 10.0 Å². The molecule has 0 aliphatic heterocycles.